The van der Waals surface area contributed by atoms with Crippen LogP contribution in [0.1, 0.15) is 52.5 Å². The third kappa shape index (κ3) is 3.11. The Labute approximate surface area is 165 Å². The van der Waals surface area contributed by atoms with E-state index >= 15 is 0 Å². The lowest BCUT2D eigenvalue weighted by atomic mass is 9.94. The number of aromatic nitrogens is 1. The standard InChI is InChI=1S/C22H24N2O3S/c1-4-15-11-17-19(23-18-6-5-7-20(25)22(17)18)12-21(15)28(26,27)24-16-9-8-13(2)14(3)10-16/h8-12,23-24H,4-7H2,1-3H3. The van der Waals surface area contributed by atoms with E-state index < -0.39 is 10.0 Å². The average Bonchev–Trinajstić information content (AvgIpc) is 3.02. The number of Topliss-reactive ketones (excluding diaryl/α,β-unsaturated/α-hetero) is 1. The lowest BCUT2D eigenvalue weighted by Gasteiger charge is -2.13. The van der Waals surface area contributed by atoms with Crippen molar-refractivity contribution in [2.75, 3.05) is 4.72 Å². The Bertz CT molecular complexity index is 1210. The van der Waals surface area contributed by atoms with Gasteiger partial charge in [-0.05, 0) is 74.1 Å². The number of fused-ring (bicyclic) bond motifs is 3. The molecule has 4 rings (SSSR count). The van der Waals surface area contributed by atoms with Crippen LogP contribution in [0.25, 0.3) is 10.9 Å². The van der Waals surface area contributed by atoms with Crippen molar-refractivity contribution < 1.29 is 13.2 Å². The molecule has 146 valence electrons. The number of carbonyl (C=O) groups excluding carboxylic acids is 1. The molecule has 3 aromatic rings. The van der Waals surface area contributed by atoms with Crippen LogP contribution in [0.2, 0.25) is 0 Å². The highest BCUT2D eigenvalue weighted by Gasteiger charge is 2.26. The normalized spacial score (nSPS) is 14.3. The number of sulfonamides is 1. The summed E-state index contributed by atoms with van der Waals surface area (Å²) < 4.78 is 29.0. The summed E-state index contributed by atoms with van der Waals surface area (Å²) in [4.78, 5) is 15.9. The monoisotopic (exact) mass is 396 g/mol. The molecule has 0 bridgehead atoms. The molecule has 1 aliphatic rings. The summed E-state index contributed by atoms with van der Waals surface area (Å²) in [6.07, 6.45) is 2.77. The lowest BCUT2D eigenvalue weighted by Crippen LogP contribution is -2.15. The fourth-order valence-corrected chi connectivity index (χ4v) is 5.29. The molecule has 0 spiro atoms. The second-order valence-corrected chi connectivity index (χ2v) is 9.17. The minimum atomic E-state index is -3.75. The van der Waals surface area contributed by atoms with Gasteiger partial charge in [-0.15, -0.1) is 0 Å². The van der Waals surface area contributed by atoms with Gasteiger partial charge in [-0.1, -0.05) is 13.0 Å². The van der Waals surface area contributed by atoms with E-state index in [1.54, 1.807) is 12.1 Å². The predicted molar refractivity (Wildman–Crippen MR) is 112 cm³/mol. The van der Waals surface area contributed by atoms with E-state index in [4.69, 9.17) is 0 Å². The zero-order chi connectivity index (χ0) is 20.1. The highest BCUT2D eigenvalue weighted by molar-refractivity contribution is 7.92. The Balaban J connectivity index is 1.82. The molecular weight excluding hydrogens is 372 g/mol. The van der Waals surface area contributed by atoms with Crippen molar-refractivity contribution in [1.29, 1.82) is 0 Å². The van der Waals surface area contributed by atoms with Crippen LogP contribution in [0.5, 0.6) is 0 Å². The molecule has 28 heavy (non-hydrogen) atoms. The Morgan fingerprint density at radius 2 is 1.86 bits per heavy atom. The van der Waals surface area contributed by atoms with Gasteiger partial charge in [0.2, 0.25) is 0 Å². The lowest BCUT2D eigenvalue weighted by molar-refractivity contribution is 0.0974. The van der Waals surface area contributed by atoms with Crippen LogP contribution in [-0.4, -0.2) is 19.2 Å². The first-order valence-corrected chi connectivity index (χ1v) is 11.1. The first-order chi connectivity index (χ1) is 13.3. The smallest absolute Gasteiger partial charge is 0.262 e. The topological polar surface area (TPSA) is 79.0 Å². The van der Waals surface area contributed by atoms with Crippen LogP contribution in [-0.2, 0) is 22.9 Å². The zero-order valence-electron chi connectivity index (χ0n) is 16.3. The van der Waals surface area contributed by atoms with Crippen molar-refractivity contribution >= 4 is 32.4 Å². The van der Waals surface area contributed by atoms with Gasteiger partial charge < -0.3 is 4.98 Å². The molecule has 0 saturated heterocycles. The van der Waals surface area contributed by atoms with Gasteiger partial charge in [-0.2, -0.15) is 0 Å². The third-order valence-electron chi connectivity index (χ3n) is 5.60. The van der Waals surface area contributed by atoms with Gasteiger partial charge in [-0.25, -0.2) is 8.42 Å². The Morgan fingerprint density at radius 3 is 2.57 bits per heavy atom. The van der Waals surface area contributed by atoms with Gasteiger partial charge in [0, 0.05) is 34.3 Å². The van der Waals surface area contributed by atoms with Crippen molar-refractivity contribution in [1.82, 2.24) is 4.98 Å². The maximum Gasteiger partial charge on any atom is 0.262 e. The molecule has 0 aliphatic heterocycles. The number of hydrogen-bond acceptors (Lipinski definition) is 3. The van der Waals surface area contributed by atoms with E-state index in [9.17, 15) is 13.2 Å². The number of ketones is 1. The molecular formula is C22H24N2O3S. The Kier molecular flexibility index (Phi) is 4.54. The molecule has 2 N–H and O–H groups in total. The van der Waals surface area contributed by atoms with E-state index in [-0.39, 0.29) is 10.7 Å². The van der Waals surface area contributed by atoms with Crippen molar-refractivity contribution in [3.63, 3.8) is 0 Å². The highest BCUT2D eigenvalue weighted by atomic mass is 32.2. The third-order valence-corrected chi connectivity index (χ3v) is 7.06. The summed E-state index contributed by atoms with van der Waals surface area (Å²) in [5, 5.41) is 0.835. The number of rotatable bonds is 4. The second kappa shape index (κ2) is 6.78. The average molecular weight is 397 g/mol. The van der Waals surface area contributed by atoms with Gasteiger partial charge >= 0.3 is 0 Å². The summed E-state index contributed by atoms with van der Waals surface area (Å²) in [6, 6.07) is 9.05. The Hall–Kier alpha value is -2.60. The maximum atomic E-state index is 13.1. The molecule has 0 unspecified atom stereocenters. The molecule has 0 atom stereocenters. The van der Waals surface area contributed by atoms with E-state index in [2.05, 4.69) is 9.71 Å². The largest absolute Gasteiger partial charge is 0.358 e. The fraction of sp³-hybridized carbons (Fsp3) is 0.318. The molecule has 0 amide bonds. The maximum absolute atomic E-state index is 13.1. The highest BCUT2D eigenvalue weighted by Crippen LogP contribution is 2.33. The van der Waals surface area contributed by atoms with Crippen LogP contribution >= 0.6 is 0 Å². The number of anilines is 1. The van der Waals surface area contributed by atoms with Gasteiger partial charge in [-0.3, -0.25) is 9.52 Å². The molecule has 0 saturated carbocycles. The molecule has 1 aromatic heterocycles. The predicted octanol–water partition coefficient (Wildman–Crippen LogP) is 4.67. The quantitative estimate of drug-likeness (QED) is 0.673. The van der Waals surface area contributed by atoms with E-state index in [0.717, 1.165) is 40.6 Å². The zero-order valence-corrected chi connectivity index (χ0v) is 17.2. The van der Waals surface area contributed by atoms with Crippen LogP contribution in [0.3, 0.4) is 0 Å². The van der Waals surface area contributed by atoms with Crippen molar-refractivity contribution in [2.24, 2.45) is 0 Å². The summed E-state index contributed by atoms with van der Waals surface area (Å²) >= 11 is 0. The number of H-pyrrole nitrogens is 1. The minimum absolute atomic E-state index is 0.137. The van der Waals surface area contributed by atoms with Gasteiger partial charge in [0.25, 0.3) is 10.0 Å². The number of aromatic amines is 1. The molecule has 0 fully saturated rings. The van der Waals surface area contributed by atoms with E-state index in [1.807, 2.05) is 39.0 Å². The molecule has 2 aromatic carbocycles. The van der Waals surface area contributed by atoms with E-state index in [1.165, 1.54) is 0 Å². The number of nitrogens with one attached hydrogen (secondary N) is 2. The summed E-state index contributed by atoms with van der Waals surface area (Å²) in [7, 11) is -3.75. The SMILES string of the molecule is CCc1cc2c3c([nH]c2cc1S(=O)(=O)Nc1ccc(C)c(C)c1)CCCC3=O. The first kappa shape index (κ1) is 18.7. The summed E-state index contributed by atoms with van der Waals surface area (Å²) in [6.45, 7) is 5.87. The van der Waals surface area contributed by atoms with Crippen LogP contribution in [0, 0.1) is 13.8 Å². The number of carbonyl (C=O) groups is 1. The summed E-state index contributed by atoms with van der Waals surface area (Å²) in [5.41, 5.74) is 5.77. The number of hydrogen-bond donors (Lipinski definition) is 2. The van der Waals surface area contributed by atoms with E-state index in [0.29, 0.717) is 29.6 Å². The van der Waals surface area contributed by atoms with Crippen LogP contribution in [0.15, 0.2) is 35.2 Å². The molecule has 5 nitrogen and oxygen atoms in total. The van der Waals surface area contributed by atoms with Gasteiger partial charge in [0.1, 0.15) is 0 Å². The van der Waals surface area contributed by atoms with Crippen molar-refractivity contribution in [3.05, 3.63) is 58.3 Å². The van der Waals surface area contributed by atoms with Crippen molar-refractivity contribution in [3.8, 4) is 0 Å². The minimum Gasteiger partial charge on any atom is -0.358 e. The molecule has 1 heterocycles. The Morgan fingerprint density at radius 1 is 1.07 bits per heavy atom. The number of aryl methyl sites for hydroxylation is 4. The van der Waals surface area contributed by atoms with Gasteiger partial charge in [0.15, 0.2) is 5.78 Å². The fourth-order valence-electron chi connectivity index (χ4n) is 3.92. The number of benzene rings is 2. The van der Waals surface area contributed by atoms with Crippen LogP contribution < -0.4 is 4.72 Å². The molecule has 6 heteroatoms. The van der Waals surface area contributed by atoms with Crippen molar-refractivity contribution in [2.45, 2.75) is 51.3 Å². The second-order valence-electron chi connectivity index (χ2n) is 7.52. The molecule has 0 radical (unpaired) electrons. The molecule has 1 aliphatic carbocycles. The first-order valence-electron chi connectivity index (χ1n) is 9.61. The van der Waals surface area contributed by atoms with Gasteiger partial charge in [0.05, 0.1) is 4.90 Å². The summed E-state index contributed by atoms with van der Waals surface area (Å²) in [5.74, 6) is 0.137. The van der Waals surface area contributed by atoms with Crippen LogP contribution in [0.4, 0.5) is 5.69 Å².